The van der Waals surface area contributed by atoms with Crippen molar-refractivity contribution in [2.24, 2.45) is 0 Å². The van der Waals surface area contributed by atoms with Crippen LogP contribution < -0.4 is 0 Å². The van der Waals surface area contributed by atoms with Crippen LogP contribution in [0, 0.1) is 0 Å². The Bertz CT molecular complexity index is 1020. The van der Waals surface area contributed by atoms with E-state index in [1.54, 1.807) is 36.9 Å². The molecule has 0 aliphatic rings. The second-order valence-corrected chi connectivity index (χ2v) is 10.1. The highest BCUT2D eigenvalue weighted by Crippen LogP contribution is 2.23. The van der Waals surface area contributed by atoms with Gasteiger partial charge in [0.1, 0.15) is 0 Å². The first-order chi connectivity index (χ1) is 15.6. The minimum atomic E-state index is 0.688. The summed E-state index contributed by atoms with van der Waals surface area (Å²) < 4.78 is 10.3. The van der Waals surface area contributed by atoms with Gasteiger partial charge >= 0.3 is 0 Å². The van der Waals surface area contributed by atoms with E-state index in [1.165, 1.54) is 32.0 Å². The summed E-state index contributed by atoms with van der Waals surface area (Å²) in [6, 6.07) is 20.3. The fraction of sp³-hybridized carbons (Fsp3) is 0.231. The molecule has 2 nitrogen and oxygen atoms in total. The van der Waals surface area contributed by atoms with Crippen LogP contribution in [0.15, 0.2) is 71.4 Å². The molecular weight excluding hydrogens is 479 g/mol. The molecule has 0 atom stereocenters. The molecule has 0 saturated carbocycles. The van der Waals surface area contributed by atoms with Crippen LogP contribution in [0.1, 0.15) is 32.0 Å². The Morgan fingerprint density at radius 2 is 1.09 bits per heavy atom. The van der Waals surface area contributed by atoms with Crippen LogP contribution in [0.4, 0.5) is 0 Å². The monoisotopic (exact) mass is 504 g/mol. The summed E-state index contributed by atoms with van der Waals surface area (Å²) in [4.78, 5) is 2.59. The van der Waals surface area contributed by atoms with Gasteiger partial charge in [0, 0.05) is 34.0 Å². The Balaban J connectivity index is 0.000000181. The van der Waals surface area contributed by atoms with Gasteiger partial charge in [0.15, 0.2) is 0 Å². The Kier molecular flexibility index (Phi) is 10.3. The van der Waals surface area contributed by atoms with Crippen LogP contribution in [-0.4, -0.2) is 14.2 Å². The van der Waals surface area contributed by atoms with E-state index in [0.29, 0.717) is 13.2 Å². The van der Waals surface area contributed by atoms with Gasteiger partial charge in [-0.3, -0.25) is 0 Å². The smallest absolute Gasteiger partial charge is 0.0808 e. The molecule has 168 valence electrons. The average Bonchev–Trinajstić information content (AvgIpc) is 3.39. The molecule has 0 aliphatic heterocycles. The molecule has 2 heterocycles. The highest BCUT2D eigenvalue weighted by molar-refractivity contribution is 7.10. The maximum atomic E-state index is 5.96. The summed E-state index contributed by atoms with van der Waals surface area (Å²) in [5.74, 6) is 0. The predicted octanol–water partition coefficient (Wildman–Crippen LogP) is 8.28. The van der Waals surface area contributed by atoms with Crippen molar-refractivity contribution in [3.8, 4) is 0 Å². The van der Waals surface area contributed by atoms with Gasteiger partial charge in [-0.25, -0.2) is 0 Å². The van der Waals surface area contributed by atoms with Gasteiger partial charge in [-0.15, -0.1) is 22.7 Å². The van der Waals surface area contributed by atoms with Gasteiger partial charge < -0.3 is 9.47 Å². The van der Waals surface area contributed by atoms with E-state index in [-0.39, 0.29) is 0 Å². The Labute approximate surface area is 208 Å². The first kappa shape index (κ1) is 25.0. The third kappa shape index (κ3) is 7.73. The predicted molar refractivity (Wildman–Crippen MR) is 139 cm³/mol. The Hall–Kier alpha value is -1.66. The number of rotatable bonds is 8. The highest BCUT2D eigenvalue weighted by atomic mass is 35.5. The summed E-state index contributed by atoms with van der Waals surface area (Å²) in [6.45, 7) is 1.38. The van der Waals surface area contributed by atoms with Gasteiger partial charge in [-0.05, 0) is 82.3 Å². The third-order valence-corrected chi connectivity index (χ3v) is 7.14. The van der Waals surface area contributed by atoms with Crippen LogP contribution in [-0.2, 0) is 35.5 Å². The zero-order chi connectivity index (χ0) is 22.8. The van der Waals surface area contributed by atoms with Crippen molar-refractivity contribution >= 4 is 45.9 Å². The lowest BCUT2D eigenvalue weighted by atomic mass is 10.1. The molecule has 0 bridgehead atoms. The second kappa shape index (κ2) is 13.1. The maximum absolute atomic E-state index is 5.96. The third-order valence-electron chi connectivity index (χ3n) is 4.79. The molecule has 6 heteroatoms. The maximum Gasteiger partial charge on any atom is 0.0808 e. The van der Waals surface area contributed by atoms with Crippen LogP contribution in [0.5, 0.6) is 0 Å². The van der Waals surface area contributed by atoms with Crippen LogP contribution >= 0.6 is 45.9 Å². The summed E-state index contributed by atoms with van der Waals surface area (Å²) in [6.07, 6.45) is 1.84. The lowest BCUT2D eigenvalue weighted by Gasteiger charge is -2.03. The van der Waals surface area contributed by atoms with E-state index < -0.39 is 0 Å². The normalized spacial score (nSPS) is 10.6. The minimum Gasteiger partial charge on any atom is -0.379 e. The first-order valence-corrected chi connectivity index (χ1v) is 12.7. The number of methoxy groups -OCH3 is 2. The number of thiophene rings is 2. The van der Waals surface area contributed by atoms with Crippen LogP contribution in [0.3, 0.4) is 0 Å². The van der Waals surface area contributed by atoms with Crippen LogP contribution in [0.2, 0.25) is 10.0 Å². The molecule has 0 unspecified atom stereocenters. The second-order valence-electron chi connectivity index (χ2n) is 7.22. The van der Waals surface area contributed by atoms with Crippen molar-refractivity contribution in [1.29, 1.82) is 0 Å². The van der Waals surface area contributed by atoms with Crippen molar-refractivity contribution in [3.05, 3.63) is 113 Å². The molecule has 4 rings (SSSR count). The highest BCUT2D eigenvalue weighted by Gasteiger charge is 2.06. The van der Waals surface area contributed by atoms with Gasteiger partial charge in [-0.1, -0.05) is 47.5 Å². The van der Waals surface area contributed by atoms with E-state index in [9.17, 15) is 0 Å². The summed E-state index contributed by atoms with van der Waals surface area (Å²) in [5, 5.41) is 5.80. The molecule has 4 aromatic rings. The molecule has 0 N–H and O–H groups in total. The number of halogens is 2. The topological polar surface area (TPSA) is 18.5 Å². The molecule has 0 saturated heterocycles. The standard InChI is InChI=1S/2C13H13ClOS/c2*1-15-9-13-11(5-6-16-13)7-10-3-2-4-12(14)8-10/h2*2-6,8H,7,9H2,1H3. The molecule has 0 fully saturated rings. The van der Waals surface area contributed by atoms with Crippen molar-refractivity contribution < 1.29 is 9.47 Å². The van der Waals surface area contributed by atoms with Gasteiger partial charge in [0.05, 0.1) is 13.2 Å². The van der Waals surface area contributed by atoms with E-state index in [2.05, 4.69) is 35.0 Å². The number of hydrogen-bond acceptors (Lipinski definition) is 4. The average molecular weight is 506 g/mol. The molecule has 0 amide bonds. The summed E-state index contributed by atoms with van der Waals surface area (Å²) in [7, 11) is 3.45. The van der Waals surface area contributed by atoms with Gasteiger partial charge in [-0.2, -0.15) is 0 Å². The van der Waals surface area contributed by atoms with E-state index >= 15 is 0 Å². The fourth-order valence-corrected chi connectivity index (χ4v) is 5.47. The van der Waals surface area contributed by atoms with Gasteiger partial charge in [0.25, 0.3) is 0 Å². The van der Waals surface area contributed by atoms with Crippen molar-refractivity contribution in [1.82, 2.24) is 0 Å². The Morgan fingerprint density at radius 1 is 0.656 bits per heavy atom. The van der Waals surface area contributed by atoms with E-state index in [0.717, 1.165) is 22.9 Å². The lowest BCUT2D eigenvalue weighted by molar-refractivity contribution is 0.187. The quantitative estimate of drug-likeness (QED) is 0.240. The van der Waals surface area contributed by atoms with E-state index in [4.69, 9.17) is 32.7 Å². The molecular formula is C26H26Cl2O2S2. The zero-order valence-electron chi connectivity index (χ0n) is 18.1. The molecule has 0 radical (unpaired) electrons. The van der Waals surface area contributed by atoms with Crippen molar-refractivity contribution in [2.75, 3.05) is 14.2 Å². The number of hydrogen-bond donors (Lipinski definition) is 0. The number of ether oxygens (including phenoxy) is 2. The SMILES string of the molecule is COCc1sccc1Cc1cccc(Cl)c1.COCc1sccc1Cc1cccc(Cl)c1. The molecule has 0 aliphatic carbocycles. The Morgan fingerprint density at radius 3 is 1.47 bits per heavy atom. The van der Waals surface area contributed by atoms with E-state index in [1.807, 2.05) is 36.4 Å². The summed E-state index contributed by atoms with van der Waals surface area (Å²) in [5.41, 5.74) is 5.13. The summed E-state index contributed by atoms with van der Waals surface area (Å²) >= 11 is 15.4. The minimum absolute atomic E-state index is 0.688. The van der Waals surface area contributed by atoms with Crippen molar-refractivity contribution in [2.45, 2.75) is 26.1 Å². The first-order valence-electron chi connectivity index (χ1n) is 10.2. The molecule has 2 aromatic carbocycles. The largest absolute Gasteiger partial charge is 0.379 e. The van der Waals surface area contributed by atoms with Crippen LogP contribution in [0.25, 0.3) is 0 Å². The zero-order valence-corrected chi connectivity index (χ0v) is 21.3. The molecule has 2 aromatic heterocycles. The number of benzene rings is 2. The fourth-order valence-electron chi connectivity index (χ4n) is 3.30. The lowest BCUT2D eigenvalue weighted by Crippen LogP contribution is -1.92. The molecule has 32 heavy (non-hydrogen) atoms. The molecule has 0 spiro atoms. The van der Waals surface area contributed by atoms with Crippen molar-refractivity contribution in [3.63, 3.8) is 0 Å². The van der Waals surface area contributed by atoms with Gasteiger partial charge in [0.2, 0.25) is 0 Å².